The minimum absolute atomic E-state index is 0.152. The highest BCUT2D eigenvalue weighted by Gasteiger charge is 2.14. The summed E-state index contributed by atoms with van der Waals surface area (Å²) in [5.41, 5.74) is 2.65. The molecule has 2 N–H and O–H groups in total. The quantitative estimate of drug-likeness (QED) is 0.780. The number of halogens is 1. The van der Waals surface area contributed by atoms with Crippen LogP contribution in [0.5, 0.6) is 0 Å². The number of benzene rings is 1. The van der Waals surface area contributed by atoms with Crippen molar-refractivity contribution in [3.05, 3.63) is 58.9 Å². The van der Waals surface area contributed by atoms with Crippen LogP contribution >= 0.6 is 11.6 Å². The first-order valence-corrected chi connectivity index (χ1v) is 6.59. The highest BCUT2D eigenvalue weighted by atomic mass is 35.5. The molecule has 5 nitrogen and oxygen atoms in total. The Morgan fingerprint density at radius 1 is 1.24 bits per heavy atom. The van der Waals surface area contributed by atoms with E-state index in [1.165, 1.54) is 12.1 Å². The van der Waals surface area contributed by atoms with E-state index in [1.807, 2.05) is 0 Å². The summed E-state index contributed by atoms with van der Waals surface area (Å²) in [5, 5.41) is 19.2. The van der Waals surface area contributed by atoms with Gasteiger partial charge in [-0.1, -0.05) is 23.7 Å². The summed E-state index contributed by atoms with van der Waals surface area (Å²) in [6, 6.07) is 10.0. The van der Waals surface area contributed by atoms with Crippen LogP contribution in [0.3, 0.4) is 0 Å². The Balaban J connectivity index is 2.22. The first-order valence-electron chi connectivity index (χ1n) is 6.21. The minimum Gasteiger partial charge on any atom is -0.478 e. The van der Waals surface area contributed by atoms with Crippen LogP contribution in [0.2, 0.25) is 5.02 Å². The lowest BCUT2D eigenvalue weighted by Crippen LogP contribution is -1.99. The maximum atomic E-state index is 11.0. The summed E-state index contributed by atoms with van der Waals surface area (Å²) < 4.78 is 1.68. The normalized spacial score (nSPS) is 11.0. The molecule has 0 aliphatic heterocycles. The molecule has 0 radical (unpaired) electrons. The molecule has 0 unspecified atom stereocenters. The van der Waals surface area contributed by atoms with Gasteiger partial charge in [-0.05, 0) is 24.3 Å². The molecular formula is C15H11ClN2O3. The van der Waals surface area contributed by atoms with Crippen LogP contribution in [-0.2, 0) is 6.61 Å². The van der Waals surface area contributed by atoms with Crippen LogP contribution in [0.1, 0.15) is 16.1 Å². The maximum Gasteiger partial charge on any atom is 0.335 e. The molecule has 2 heterocycles. The summed E-state index contributed by atoms with van der Waals surface area (Å²) in [4.78, 5) is 15.4. The van der Waals surface area contributed by atoms with Gasteiger partial charge in [0, 0.05) is 16.8 Å². The van der Waals surface area contributed by atoms with Crippen molar-refractivity contribution in [1.29, 1.82) is 0 Å². The van der Waals surface area contributed by atoms with Crippen molar-refractivity contribution in [3.63, 3.8) is 0 Å². The van der Waals surface area contributed by atoms with Gasteiger partial charge in [0.25, 0.3) is 0 Å². The first kappa shape index (κ1) is 13.6. The molecule has 0 saturated carbocycles. The monoisotopic (exact) mass is 302 g/mol. The summed E-state index contributed by atoms with van der Waals surface area (Å²) >= 11 is 5.87. The summed E-state index contributed by atoms with van der Waals surface area (Å²) in [7, 11) is 0. The number of hydrogen-bond acceptors (Lipinski definition) is 3. The molecule has 3 aromatic rings. The zero-order chi connectivity index (χ0) is 15.0. The number of aromatic nitrogens is 2. The van der Waals surface area contributed by atoms with Crippen molar-refractivity contribution >= 4 is 23.2 Å². The molecule has 0 atom stereocenters. The number of aliphatic hydroxyl groups excluding tert-OH is 1. The highest BCUT2D eigenvalue weighted by Crippen LogP contribution is 2.26. The van der Waals surface area contributed by atoms with Gasteiger partial charge in [-0.3, -0.25) is 0 Å². The maximum absolute atomic E-state index is 11.0. The Hall–Kier alpha value is -2.37. The zero-order valence-electron chi connectivity index (χ0n) is 10.8. The van der Waals surface area contributed by atoms with Crippen LogP contribution in [0.4, 0.5) is 0 Å². The van der Waals surface area contributed by atoms with Crippen molar-refractivity contribution in [1.82, 2.24) is 9.38 Å². The Bertz CT molecular complexity index is 825. The minimum atomic E-state index is -1.01. The molecule has 0 aliphatic rings. The second-order valence-corrected chi connectivity index (χ2v) is 4.96. The number of pyridine rings is 1. The van der Waals surface area contributed by atoms with E-state index < -0.39 is 5.97 Å². The number of carboxylic acid groups (broad SMARTS) is 1. The van der Waals surface area contributed by atoms with E-state index in [9.17, 15) is 9.90 Å². The number of nitrogens with zero attached hydrogens (tertiary/aromatic N) is 2. The smallest absolute Gasteiger partial charge is 0.335 e. The predicted molar refractivity (Wildman–Crippen MR) is 78.5 cm³/mol. The van der Waals surface area contributed by atoms with E-state index in [4.69, 9.17) is 16.7 Å². The fourth-order valence-electron chi connectivity index (χ4n) is 2.22. The molecular weight excluding hydrogens is 292 g/mol. The molecule has 0 aliphatic carbocycles. The van der Waals surface area contributed by atoms with Gasteiger partial charge in [-0.25, -0.2) is 9.78 Å². The summed E-state index contributed by atoms with van der Waals surface area (Å²) in [6.07, 6.45) is 1.59. The molecule has 0 bridgehead atoms. The van der Waals surface area contributed by atoms with E-state index in [-0.39, 0.29) is 12.2 Å². The Morgan fingerprint density at radius 2 is 1.95 bits per heavy atom. The molecule has 6 heteroatoms. The Kier molecular flexibility index (Phi) is 3.37. The van der Waals surface area contributed by atoms with Gasteiger partial charge in [0.2, 0.25) is 0 Å². The lowest BCUT2D eigenvalue weighted by atomic mass is 10.1. The van der Waals surface area contributed by atoms with Gasteiger partial charge in [-0.2, -0.15) is 0 Å². The average molecular weight is 303 g/mol. The number of imidazole rings is 1. The van der Waals surface area contributed by atoms with E-state index in [0.29, 0.717) is 22.1 Å². The lowest BCUT2D eigenvalue weighted by Gasteiger charge is -2.02. The van der Waals surface area contributed by atoms with Gasteiger partial charge in [-0.15, -0.1) is 0 Å². The molecule has 0 saturated heterocycles. The number of hydrogen-bond donors (Lipinski definition) is 2. The molecule has 0 spiro atoms. The Labute approximate surface area is 125 Å². The van der Waals surface area contributed by atoms with Crippen molar-refractivity contribution in [3.8, 4) is 11.3 Å². The third-order valence-corrected chi connectivity index (χ3v) is 3.49. The SMILES string of the molecule is O=C(O)c1ccn2c(CO)c(-c3ccc(Cl)cc3)nc2c1. The van der Waals surface area contributed by atoms with Crippen LogP contribution < -0.4 is 0 Å². The van der Waals surface area contributed by atoms with Crippen LogP contribution in [0, 0.1) is 0 Å². The fraction of sp³-hybridized carbons (Fsp3) is 0.0667. The van der Waals surface area contributed by atoms with Crippen molar-refractivity contribution in [2.75, 3.05) is 0 Å². The summed E-state index contributed by atoms with van der Waals surface area (Å²) in [5.74, 6) is -1.01. The molecule has 1 aromatic carbocycles. The predicted octanol–water partition coefficient (Wildman–Crippen LogP) is 2.85. The fourth-order valence-corrected chi connectivity index (χ4v) is 2.34. The number of carboxylic acids is 1. The van der Waals surface area contributed by atoms with E-state index >= 15 is 0 Å². The van der Waals surface area contributed by atoms with Crippen LogP contribution in [0.25, 0.3) is 16.9 Å². The van der Waals surface area contributed by atoms with Crippen LogP contribution in [0.15, 0.2) is 42.6 Å². The van der Waals surface area contributed by atoms with Gasteiger partial charge in [0.1, 0.15) is 5.65 Å². The van der Waals surface area contributed by atoms with E-state index in [0.717, 1.165) is 5.56 Å². The first-order chi connectivity index (χ1) is 10.1. The lowest BCUT2D eigenvalue weighted by molar-refractivity contribution is 0.0697. The molecule has 3 rings (SSSR count). The van der Waals surface area contributed by atoms with Gasteiger partial charge >= 0.3 is 5.97 Å². The Morgan fingerprint density at radius 3 is 2.57 bits per heavy atom. The molecule has 106 valence electrons. The molecule has 21 heavy (non-hydrogen) atoms. The van der Waals surface area contributed by atoms with E-state index in [1.54, 1.807) is 34.9 Å². The number of rotatable bonds is 3. The van der Waals surface area contributed by atoms with Crippen molar-refractivity contribution in [2.45, 2.75) is 6.61 Å². The topological polar surface area (TPSA) is 74.8 Å². The number of carbonyl (C=O) groups is 1. The van der Waals surface area contributed by atoms with Crippen LogP contribution in [-0.4, -0.2) is 25.6 Å². The number of aromatic carboxylic acids is 1. The van der Waals surface area contributed by atoms with Gasteiger partial charge in [0.15, 0.2) is 0 Å². The van der Waals surface area contributed by atoms with Crippen molar-refractivity contribution in [2.24, 2.45) is 0 Å². The summed E-state index contributed by atoms with van der Waals surface area (Å²) in [6.45, 7) is -0.203. The second-order valence-electron chi connectivity index (χ2n) is 4.52. The second kappa shape index (κ2) is 5.20. The molecule has 2 aromatic heterocycles. The van der Waals surface area contributed by atoms with Crippen molar-refractivity contribution < 1.29 is 15.0 Å². The number of aliphatic hydroxyl groups is 1. The third kappa shape index (κ3) is 2.37. The molecule has 0 amide bonds. The van der Waals surface area contributed by atoms with E-state index in [2.05, 4.69) is 4.98 Å². The largest absolute Gasteiger partial charge is 0.478 e. The zero-order valence-corrected chi connectivity index (χ0v) is 11.6. The van der Waals surface area contributed by atoms with Gasteiger partial charge in [0.05, 0.1) is 23.6 Å². The standard InChI is InChI=1S/C15H11ClN2O3/c16-11-3-1-9(2-4-11)14-12(8-19)18-6-5-10(15(20)21)7-13(18)17-14/h1-7,19H,8H2,(H,20,21). The average Bonchev–Trinajstić information content (AvgIpc) is 2.85. The number of fused-ring (bicyclic) bond motifs is 1. The third-order valence-electron chi connectivity index (χ3n) is 3.24. The molecule has 0 fully saturated rings. The van der Waals surface area contributed by atoms with Gasteiger partial charge < -0.3 is 14.6 Å². The highest BCUT2D eigenvalue weighted by molar-refractivity contribution is 6.30.